The summed E-state index contributed by atoms with van der Waals surface area (Å²) in [5, 5.41) is 76.4. The summed E-state index contributed by atoms with van der Waals surface area (Å²) in [4.78, 5) is 27.0. The highest BCUT2D eigenvalue weighted by atomic mass is 31.2. The Balaban J connectivity index is 2.08. The summed E-state index contributed by atoms with van der Waals surface area (Å²) in [5.74, 6) is -1.14. The largest absolute Gasteiger partial charge is 0.470 e. The van der Waals surface area contributed by atoms with Gasteiger partial charge in [-0.1, -0.05) is 0 Å². The number of nitrogens with one attached hydrogen (secondary N) is 1. The van der Waals surface area contributed by atoms with E-state index in [1.165, 1.54) is 14.0 Å². The van der Waals surface area contributed by atoms with Gasteiger partial charge in [-0.15, -0.1) is 0 Å². The van der Waals surface area contributed by atoms with E-state index in [0.29, 0.717) is 0 Å². The lowest BCUT2D eigenvalue weighted by atomic mass is 9.81. The molecule has 22 nitrogen and oxygen atoms in total. The van der Waals surface area contributed by atoms with Crippen LogP contribution in [0.3, 0.4) is 0 Å². The number of aliphatic hydroxyl groups excluding tert-OH is 7. The molecule has 0 aromatic rings. The van der Waals surface area contributed by atoms with Crippen molar-refractivity contribution >= 4 is 19.7 Å². The van der Waals surface area contributed by atoms with Gasteiger partial charge < -0.3 is 92.7 Å². The standard InChI is InChI=1S/C21H42N7O15P/c1-5-21(4-30,43-44(36,37)38)16(42-17-9(26-2)13(34)10(31)6(3-29)40-17)18(39-5)41-15-8(28-20(24)25)11(32)7(27-19(22)23)12(33)14(15)35/h5-18,26,29-35H,3-4H2,1-2H3,(H4,22,23,27)(H4,24,25,28)(H2,36,37,38). The van der Waals surface area contributed by atoms with Gasteiger partial charge >= 0.3 is 7.82 Å². The van der Waals surface area contributed by atoms with Crippen LogP contribution in [0.5, 0.6) is 0 Å². The fourth-order valence-corrected chi connectivity index (χ4v) is 6.29. The van der Waals surface area contributed by atoms with Crippen LogP contribution in [-0.2, 0) is 28.0 Å². The molecule has 256 valence electrons. The van der Waals surface area contributed by atoms with Crippen molar-refractivity contribution in [2.45, 2.75) is 98.2 Å². The van der Waals surface area contributed by atoms with Gasteiger partial charge in [0.1, 0.15) is 60.9 Å². The summed E-state index contributed by atoms with van der Waals surface area (Å²) < 4.78 is 40.3. The molecule has 0 bridgehead atoms. The number of phosphoric ester groups is 1. The second-order valence-electron chi connectivity index (χ2n) is 10.6. The minimum atomic E-state index is -5.42. The lowest BCUT2D eigenvalue weighted by Crippen LogP contribution is -2.67. The molecule has 1 saturated carbocycles. The number of guanidine groups is 2. The summed E-state index contributed by atoms with van der Waals surface area (Å²) in [7, 11) is -4.06. The summed E-state index contributed by atoms with van der Waals surface area (Å²) in [6, 6.07) is -4.37. The van der Waals surface area contributed by atoms with Crippen molar-refractivity contribution in [3.63, 3.8) is 0 Å². The van der Waals surface area contributed by atoms with E-state index in [1.54, 1.807) is 0 Å². The van der Waals surface area contributed by atoms with E-state index in [2.05, 4.69) is 15.3 Å². The van der Waals surface area contributed by atoms with E-state index >= 15 is 0 Å². The highest BCUT2D eigenvalue weighted by Crippen LogP contribution is 2.50. The van der Waals surface area contributed by atoms with Crippen LogP contribution in [0.1, 0.15) is 6.92 Å². The van der Waals surface area contributed by atoms with Gasteiger partial charge in [-0.3, -0.25) is 4.52 Å². The number of nitrogens with two attached hydrogens (primary N) is 4. The van der Waals surface area contributed by atoms with E-state index in [0.717, 1.165) is 0 Å². The number of aliphatic hydroxyl groups is 7. The summed E-state index contributed by atoms with van der Waals surface area (Å²) in [6.45, 7) is -0.712. The lowest BCUT2D eigenvalue weighted by Gasteiger charge is -2.46. The number of rotatable bonds is 11. The molecule has 0 radical (unpaired) electrons. The minimum Gasteiger partial charge on any atom is -0.394 e. The van der Waals surface area contributed by atoms with Gasteiger partial charge in [0.25, 0.3) is 0 Å². The third-order valence-corrected chi connectivity index (χ3v) is 8.32. The van der Waals surface area contributed by atoms with E-state index in [9.17, 15) is 50.1 Å². The van der Waals surface area contributed by atoms with Crippen LogP contribution in [0.25, 0.3) is 0 Å². The molecule has 1 aliphatic carbocycles. The van der Waals surface area contributed by atoms with Gasteiger partial charge in [-0.05, 0) is 14.0 Å². The molecule has 0 spiro atoms. The highest BCUT2D eigenvalue weighted by molar-refractivity contribution is 7.46. The summed E-state index contributed by atoms with van der Waals surface area (Å²) in [6.07, 6.45) is -18.8. The summed E-state index contributed by atoms with van der Waals surface area (Å²) >= 11 is 0. The number of ether oxygens (including phenoxy) is 4. The highest BCUT2D eigenvalue weighted by Gasteiger charge is 2.63. The van der Waals surface area contributed by atoms with Crippen molar-refractivity contribution in [2.75, 3.05) is 20.3 Å². The molecule has 0 amide bonds. The second kappa shape index (κ2) is 14.3. The summed E-state index contributed by atoms with van der Waals surface area (Å²) in [5.41, 5.74) is 19.4. The average molecular weight is 664 g/mol. The SMILES string of the molecule is CNC1C(OC2C(OC3C(O)C(O)C(N=C(N)N)C(O)C3N=C(N)N)OC(C)C2(CO)OP(=O)(O)O)OC(CO)C(O)C1O. The van der Waals surface area contributed by atoms with Gasteiger partial charge in [-0.25, -0.2) is 14.5 Å². The normalized spacial score (nSPS) is 44.7. The zero-order valence-electron chi connectivity index (χ0n) is 23.6. The molecule has 2 heterocycles. The van der Waals surface area contributed by atoms with Crippen molar-refractivity contribution in [2.24, 2.45) is 32.9 Å². The first-order valence-corrected chi connectivity index (χ1v) is 14.8. The lowest BCUT2D eigenvalue weighted by molar-refractivity contribution is -0.316. The molecule has 44 heavy (non-hydrogen) atoms. The van der Waals surface area contributed by atoms with Crippen LogP contribution in [0, 0.1) is 0 Å². The van der Waals surface area contributed by atoms with Crippen molar-refractivity contribution in [3.8, 4) is 0 Å². The van der Waals surface area contributed by atoms with E-state index in [4.69, 9.17) is 46.4 Å². The fourth-order valence-electron chi connectivity index (χ4n) is 5.54. The third-order valence-electron chi connectivity index (χ3n) is 7.75. The molecule has 3 fully saturated rings. The molecule has 0 aromatic carbocycles. The number of nitrogens with zero attached hydrogens (tertiary/aromatic N) is 2. The maximum Gasteiger partial charge on any atom is 0.470 e. The zero-order valence-corrected chi connectivity index (χ0v) is 24.5. The van der Waals surface area contributed by atoms with Gasteiger partial charge in [-0.2, -0.15) is 0 Å². The van der Waals surface area contributed by atoms with Crippen LogP contribution in [-0.4, -0.2) is 169 Å². The van der Waals surface area contributed by atoms with Crippen molar-refractivity contribution in [3.05, 3.63) is 0 Å². The molecule has 18 N–H and O–H groups in total. The zero-order chi connectivity index (χ0) is 33.3. The predicted octanol–water partition coefficient (Wildman–Crippen LogP) is -8.25. The van der Waals surface area contributed by atoms with Crippen molar-refractivity contribution in [1.82, 2.24) is 5.32 Å². The first kappa shape index (κ1) is 36.6. The molecular weight excluding hydrogens is 621 g/mol. The number of phosphoric acid groups is 1. The van der Waals surface area contributed by atoms with Crippen LogP contribution >= 0.6 is 7.82 Å². The Labute approximate surface area is 250 Å². The Hall–Kier alpha value is -1.83. The number of likely N-dealkylation sites (N-methyl/N-ethyl adjacent to an activating group) is 1. The maximum absolute atomic E-state index is 12.1. The predicted molar refractivity (Wildman–Crippen MR) is 145 cm³/mol. The first-order valence-electron chi connectivity index (χ1n) is 13.3. The van der Waals surface area contributed by atoms with Gasteiger partial charge in [0.2, 0.25) is 0 Å². The molecule has 3 aliphatic rings. The molecule has 23 heteroatoms. The smallest absolute Gasteiger partial charge is 0.394 e. The molecule has 0 aromatic heterocycles. The number of hydrogen-bond acceptors (Lipinski definition) is 16. The van der Waals surface area contributed by atoms with Crippen LogP contribution < -0.4 is 28.3 Å². The Kier molecular flexibility index (Phi) is 11.9. The quantitative estimate of drug-likeness (QED) is 0.0554. The van der Waals surface area contributed by atoms with E-state index in [-0.39, 0.29) is 0 Å². The average Bonchev–Trinajstić information content (AvgIpc) is 3.17. The Morgan fingerprint density at radius 1 is 0.864 bits per heavy atom. The van der Waals surface area contributed by atoms with E-state index in [1.807, 2.05) is 0 Å². The number of aliphatic imine (C=N–C) groups is 2. The molecule has 15 unspecified atom stereocenters. The fraction of sp³-hybridized carbons (Fsp3) is 0.905. The monoisotopic (exact) mass is 663 g/mol. The van der Waals surface area contributed by atoms with Crippen molar-refractivity contribution in [1.29, 1.82) is 0 Å². The first-order chi connectivity index (χ1) is 20.4. The molecule has 3 rings (SSSR count). The van der Waals surface area contributed by atoms with Gasteiger partial charge in [0, 0.05) is 0 Å². The topological polar surface area (TPSA) is 386 Å². The van der Waals surface area contributed by atoms with Crippen LogP contribution in [0.4, 0.5) is 0 Å². The van der Waals surface area contributed by atoms with Crippen LogP contribution in [0.15, 0.2) is 9.98 Å². The van der Waals surface area contributed by atoms with Crippen LogP contribution in [0.2, 0.25) is 0 Å². The third kappa shape index (κ3) is 7.41. The molecule has 2 aliphatic heterocycles. The maximum atomic E-state index is 12.1. The Morgan fingerprint density at radius 2 is 1.45 bits per heavy atom. The number of hydrogen-bond donors (Lipinski definition) is 14. The van der Waals surface area contributed by atoms with Gasteiger partial charge in [0.15, 0.2) is 30.1 Å². The van der Waals surface area contributed by atoms with E-state index < -0.39 is 124 Å². The molecular formula is C21H42N7O15P. The Morgan fingerprint density at radius 3 is 1.95 bits per heavy atom. The minimum absolute atomic E-state index is 0.549. The Bertz CT molecular complexity index is 1080. The van der Waals surface area contributed by atoms with Gasteiger partial charge in [0.05, 0.1) is 25.4 Å². The molecule has 15 atom stereocenters. The second-order valence-corrected chi connectivity index (χ2v) is 11.7. The van der Waals surface area contributed by atoms with Crippen molar-refractivity contribution < 1.29 is 73.6 Å². The molecule has 2 saturated heterocycles.